The van der Waals surface area contributed by atoms with Gasteiger partial charge in [0.25, 0.3) is 5.91 Å². The Bertz CT molecular complexity index is 670. The molecule has 128 valence electrons. The molecule has 1 aromatic carbocycles. The lowest BCUT2D eigenvalue weighted by Crippen LogP contribution is -3.11. The van der Waals surface area contributed by atoms with Gasteiger partial charge >= 0.3 is 0 Å². The van der Waals surface area contributed by atoms with Crippen LogP contribution >= 0.6 is 11.8 Å². The summed E-state index contributed by atoms with van der Waals surface area (Å²) in [6.45, 7) is 1.98. The number of benzene rings is 1. The van der Waals surface area contributed by atoms with E-state index in [1.165, 1.54) is 16.7 Å². The normalized spacial score (nSPS) is 32.7. The number of nitrogens with one attached hydrogen (secondary N) is 1. The first-order chi connectivity index (χ1) is 11.6. The number of hydrogen-bond acceptors (Lipinski definition) is 6. The van der Waals surface area contributed by atoms with E-state index in [-0.39, 0.29) is 5.91 Å². The molecule has 3 aliphatic heterocycles. The fourth-order valence-corrected chi connectivity index (χ4v) is 4.22. The van der Waals surface area contributed by atoms with Gasteiger partial charge in [0, 0.05) is 5.56 Å². The molecule has 1 spiro atoms. The third kappa shape index (κ3) is 2.59. The van der Waals surface area contributed by atoms with Gasteiger partial charge in [-0.05, 0) is 12.1 Å². The van der Waals surface area contributed by atoms with Gasteiger partial charge in [-0.25, -0.2) is 9.89 Å². The lowest BCUT2D eigenvalue weighted by atomic mass is 10.1. The third-order valence-electron chi connectivity index (χ3n) is 4.39. The van der Waals surface area contributed by atoms with E-state index in [0.717, 1.165) is 16.5 Å². The highest BCUT2D eigenvalue weighted by atomic mass is 32.2. The first kappa shape index (κ1) is 15.9. The molecule has 0 radical (unpaired) electrons. The van der Waals surface area contributed by atoms with Crippen LogP contribution in [-0.4, -0.2) is 61.4 Å². The Morgan fingerprint density at radius 3 is 2.71 bits per heavy atom. The van der Waals surface area contributed by atoms with E-state index in [2.05, 4.69) is 4.99 Å². The number of fused-ring (bicyclic) bond motifs is 1. The van der Waals surface area contributed by atoms with Crippen molar-refractivity contribution in [2.45, 2.75) is 11.0 Å². The average molecular weight is 350 g/mol. The molecule has 4 rings (SSSR count). The monoisotopic (exact) mass is 350 g/mol. The second kappa shape index (κ2) is 6.03. The molecule has 2 saturated heterocycles. The minimum absolute atomic E-state index is 0.0403. The minimum Gasteiger partial charge on any atom is -0.497 e. The van der Waals surface area contributed by atoms with E-state index in [1.54, 1.807) is 12.0 Å². The van der Waals surface area contributed by atoms with E-state index in [0.29, 0.717) is 26.6 Å². The Morgan fingerprint density at radius 1 is 1.33 bits per heavy atom. The first-order valence-corrected chi connectivity index (χ1v) is 8.67. The topological polar surface area (TPSA) is 64.8 Å². The molecule has 0 bridgehead atoms. The van der Waals surface area contributed by atoms with Crippen molar-refractivity contribution in [1.29, 1.82) is 0 Å². The molecule has 0 aliphatic carbocycles. The average Bonchev–Trinajstić information content (AvgIpc) is 2.88. The lowest BCUT2D eigenvalue weighted by molar-refractivity contribution is -0.888. The molecule has 1 atom stereocenters. The van der Waals surface area contributed by atoms with Crippen LogP contribution in [0.25, 0.3) is 0 Å². The Hall–Kier alpha value is -1.61. The van der Waals surface area contributed by atoms with Crippen LogP contribution in [0.5, 0.6) is 5.75 Å². The van der Waals surface area contributed by atoms with Crippen molar-refractivity contribution >= 4 is 22.8 Å². The SMILES string of the molecule is COc1ccc(C2OCC3(CO2)SC2=NC[NH+](C)CN2C3=O)cc1. The zero-order valence-electron chi connectivity index (χ0n) is 13.7. The maximum atomic E-state index is 12.8. The minimum atomic E-state index is -0.702. The van der Waals surface area contributed by atoms with Crippen molar-refractivity contribution in [3.63, 3.8) is 0 Å². The number of hydrogen-bond donors (Lipinski definition) is 1. The molecule has 0 aromatic heterocycles. The highest BCUT2D eigenvalue weighted by Gasteiger charge is 2.56. The maximum absolute atomic E-state index is 12.8. The number of amides is 1. The van der Waals surface area contributed by atoms with Gasteiger partial charge in [0.15, 0.2) is 24.8 Å². The van der Waals surface area contributed by atoms with Crippen LogP contribution < -0.4 is 9.64 Å². The van der Waals surface area contributed by atoms with Gasteiger partial charge in [0.1, 0.15) is 10.5 Å². The summed E-state index contributed by atoms with van der Waals surface area (Å²) in [7, 11) is 3.66. The number of amidine groups is 1. The molecule has 1 unspecified atom stereocenters. The summed E-state index contributed by atoms with van der Waals surface area (Å²) in [6.07, 6.45) is -0.456. The van der Waals surface area contributed by atoms with Gasteiger partial charge in [-0.3, -0.25) is 4.79 Å². The molecule has 24 heavy (non-hydrogen) atoms. The molecule has 1 N–H and O–H groups in total. The van der Waals surface area contributed by atoms with Gasteiger partial charge in [-0.15, -0.1) is 0 Å². The van der Waals surface area contributed by atoms with Crippen LogP contribution in [0.15, 0.2) is 29.3 Å². The lowest BCUT2D eigenvalue weighted by Gasteiger charge is -2.34. The van der Waals surface area contributed by atoms with Gasteiger partial charge in [0.2, 0.25) is 0 Å². The number of carbonyl (C=O) groups is 1. The van der Waals surface area contributed by atoms with Crippen molar-refractivity contribution in [3.8, 4) is 5.75 Å². The van der Waals surface area contributed by atoms with Crippen LogP contribution in [0.4, 0.5) is 0 Å². The Morgan fingerprint density at radius 2 is 2.04 bits per heavy atom. The van der Waals surface area contributed by atoms with E-state index < -0.39 is 11.0 Å². The number of quaternary nitrogens is 1. The van der Waals surface area contributed by atoms with Crippen molar-refractivity contribution in [2.75, 3.05) is 40.7 Å². The smallest absolute Gasteiger partial charge is 0.254 e. The van der Waals surface area contributed by atoms with Crippen molar-refractivity contribution in [3.05, 3.63) is 29.8 Å². The summed E-state index contributed by atoms with van der Waals surface area (Å²) in [5.41, 5.74) is 0.917. The fraction of sp³-hybridized carbons (Fsp3) is 0.500. The van der Waals surface area contributed by atoms with Gasteiger partial charge in [0.05, 0.1) is 27.4 Å². The summed E-state index contributed by atoms with van der Waals surface area (Å²) in [5, 5.41) is 0.792. The van der Waals surface area contributed by atoms with Crippen molar-refractivity contribution in [2.24, 2.45) is 4.99 Å². The van der Waals surface area contributed by atoms with Crippen LogP contribution in [-0.2, 0) is 14.3 Å². The Balaban J connectivity index is 1.47. The van der Waals surface area contributed by atoms with Crippen LogP contribution in [0.1, 0.15) is 11.9 Å². The summed E-state index contributed by atoms with van der Waals surface area (Å²) in [6, 6.07) is 7.57. The summed E-state index contributed by atoms with van der Waals surface area (Å²) < 4.78 is 16.2. The largest absolute Gasteiger partial charge is 0.497 e. The number of ether oxygens (including phenoxy) is 3. The van der Waals surface area contributed by atoms with Gasteiger partial charge in [-0.2, -0.15) is 0 Å². The van der Waals surface area contributed by atoms with E-state index in [4.69, 9.17) is 14.2 Å². The molecule has 1 amide bonds. The quantitative estimate of drug-likeness (QED) is 0.804. The molecule has 7 nitrogen and oxygen atoms in total. The fourth-order valence-electron chi connectivity index (χ4n) is 3.03. The summed E-state index contributed by atoms with van der Waals surface area (Å²) >= 11 is 1.47. The van der Waals surface area contributed by atoms with Gasteiger partial charge in [-0.1, -0.05) is 23.9 Å². The number of aliphatic imine (C=N–C) groups is 1. The van der Waals surface area contributed by atoms with Crippen molar-refractivity contribution in [1.82, 2.24) is 4.90 Å². The third-order valence-corrected chi connectivity index (χ3v) is 5.72. The number of methoxy groups -OCH3 is 1. The predicted molar refractivity (Wildman–Crippen MR) is 88.9 cm³/mol. The van der Waals surface area contributed by atoms with Gasteiger partial charge < -0.3 is 19.1 Å². The van der Waals surface area contributed by atoms with E-state index in [9.17, 15) is 4.79 Å². The van der Waals surface area contributed by atoms with Crippen molar-refractivity contribution < 1.29 is 23.9 Å². The highest BCUT2D eigenvalue weighted by molar-refractivity contribution is 8.16. The molecular weight excluding hydrogens is 330 g/mol. The second-order valence-electron chi connectivity index (χ2n) is 6.27. The standard InChI is InChI=1S/C16H19N3O4S/c1-18-9-17-15-19(10-18)14(20)16(24-15)7-22-13(23-8-16)11-3-5-12(21-2)6-4-11/h3-6,13H,7-10H2,1-2H3/p+1. The molecule has 3 heterocycles. The number of thioether (sulfide) groups is 1. The summed E-state index contributed by atoms with van der Waals surface area (Å²) in [4.78, 5) is 20.3. The van der Waals surface area contributed by atoms with E-state index in [1.807, 2.05) is 31.3 Å². The maximum Gasteiger partial charge on any atom is 0.254 e. The highest BCUT2D eigenvalue weighted by Crippen LogP contribution is 2.42. The number of nitrogens with zero attached hydrogens (tertiary/aromatic N) is 2. The Labute approximate surface area is 144 Å². The molecule has 2 fully saturated rings. The molecule has 3 aliphatic rings. The number of rotatable bonds is 2. The number of carbonyl (C=O) groups excluding carboxylic acids is 1. The molecule has 0 saturated carbocycles. The predicted octanol–water partition coefficient (Wildman–Crippen LogP) is -0.146. The van der Waals surface area contributed by atoms with Crippen LogP contribution in [0, 0.1) is 0 Å². The molecule has 8 heteroatoms. The zero-order valence-corrected chi connectivity index (χ0v) is 14.5. The van der Waals surface area contributed by atoms with E-state index >= 15 is 0 Å². The summed E-state index contributed by atoms with van der Waals surface area (Å²) in [5.74, 6) is 0.826. The molecular formula is C16H20N3O4S+. The second-order valence-corrected chi connectivity index (χ2v) is 7.62. The van der Waals surface area contributed by atoms with Crippen LogP contribution in [0.2, 0.25) is 0 Å². The molecule has 1 aromatic rings. The zero-order chi connectivity index (χ0) is 16.7. The first-order valence-electron chi connectivity index (χ1n) is 7.85. The Kier molecular flexibility index (Phi) is 4.00. The van der Waals surface area contributed by atoms with Crippen LogP contribution in [0.3, 0.4) is 0 Å².